The summed E-state index contributed by atoms with van der Waals surface area (Å²) < 4.78 is 27.8. The van der Waals surface area contributed by atoms with E-state index >= 15 is 0 Å². The van der Waals surface area contributed by atoms with E-state index in [1.807, 2.05) is 0 Å². The molecule has 3 rings (SSSR count). The third kappa shape index (κ3) is 3.72. The van der Waals surface area contributed by atoms with Gasteiger partial charge in [0.1, 0.15) is 4.90 Å². The van der Waals surface area contributed by atoms with Crippen molar-refractivity contribution in [3.63, 3.8) is 0 Å². The van der Waals surface area contributed by atoms with Gasteiger partial charge in [0, 0.05) is 25.3 Å². The van der Waals surface area contributed by atoms with Crippen molar-refractivity contribution in [3.05, 3.63) is 40.7 Å². The second-order valence-electron chi connectivity index (χ2n) is 6.98. The van der Waals surface area contributed by atoms with E-state index in [1.54, 1.807) is 13.8 Å². The molecule has 1 aromatic carbocycles. The number of anilines is 1. The van der Waals surface area contributed by atoms with Crippen LogP contribution in [0.15, 0.2) is 23.1 Å². The van der Waals surface area contributed by atoms with E-state index in [0.29, 0.717) is 23.9 Å². The molecule has 1 unspecified atom stereocenters. The maximum absolute atomic E-state index is 12.5. The van der Waals surface area contributed by atoms with Crippen molar-refractivity contribution in [2.75, 3.05) is 24.5 Å². The Labute approximate surface area is 149 Å². The first-order valence-corrected chi connectivity index (χ1v) is 10.1. The van der Waals surface area contributed by atoms with Gasteiger partial charge in [0.25, 0.3) is 0 Å². The van der Waals surface area contributed by atoms with Crippen LogP contribution in [0.3, 0.4) is 0 Å². The molecule has 0 aliphatic carbocycles. The Bertz CT molecular complexity index is 854. The van der Waals surface area contributed by atoms with E-state index in [-0.39, 0.29) is 4.90 Å². The molecule has 0 radical (unpaired) electrons. The van der Waals surface area contributed by atoms with Gasteiger partial charge >= 0.3 is 0 Å². The van der Waals surface area contributed by atoms with Crippen LogP contribution in [-0.2, 0) is 10.0 Å². The molecule has 1 aliphatic rings. The summed E-state index contributed by atoms with van der Waals surface area (Å²) in [7, 11) is -3.52. The van der Waals surface area contributed by atoms with E-state index in [1.165, 1.54) is 16.8 Å². The third-order valence-electron chi connectivity index (χ3n) is 5.03. The van der Waals surface area contributed by atoms with Crippen LogP contribution < -0.4 is 9.62 Å². The molecule has 1 fully saturated rings. The van der Waals surface area contributed by atoms with Crippen LogP contribution in [0, 0.1) is 33.6 Å². The molecule has 0 saturated carbocycles. The highest BCUT2D eigenvalue weighted by Gasteiger charge is 2.27. The first-order chi connectivity index (χ1) is 11.8. The zero-order chi connectivity index (χ0) is 18.2. The number of aromatic nitrogens is 2. The molecule has 0 spiro atoms. The lowest BCUT2D eigenvalue weighted by atomic mass is 10.1. The van der Waals surface area contributed by atoms with Crippen molar-refractivity contribution in [1.82, 2.24) is 14.9 Å². The Kier molecular flexibility index (Phi) is 4.88. The topological polar surface area (TPSA) is 78.1 Å². The van der Waals surface area contributed by atoms with Crippen LogP contribution >= 0.6 is 0 Å². The second-order valence-corrected chi connectivity index (χ2v) is 8.69. The molecular weight excluding hydrogens is 336 g/mol. The summed E-state index contributed by atoms with van der Waals surface area (Å²) in [6, 6.07) is 6.50. The predicted octanol–water partition coefficient (Wildman–Crippen LogP) is 2.45. The number of rotatable bonds is 5. The van der Waals surface area contributed by atoms with Gasteiger partial charge < -0.3 is 4.90 Å². The maximum atomic E-state index is 12.5. The minimum atomic E-state index is -3.52. The number of nitrogens with one attached hydrogen (secondary N) is 2. The maximum Gasteiger partial charge on any atom is 0.244 e. The Balaban J connectivity index is 1.63. The average Bonchev–Trinajstić information content (AvgIpc) is 3.15. The highest BCUT2D eigenvalue weighted by Crippen LogP contribution is 2.26. The monoisotopic (exact) mass is 362 g/mol. The predicted molar refractivity (Wildman–Crippen MR) is 99.5 cm³/mol. The molecule has 136 valence electrons. The smallest absolute Gasteiger partial charge is 0.244 e. The van der Waals surface area contributed by atoms with Crippen LogP contribution in [0.1, 0.15) is 28.9 Å². The number of aryl methyl sites for hydroxylation is 4. The van der Waals surface area contributed by atoms with Crippen LogP contribution in [0.5, 0.6) is 0 Å². The van der Waals surface area contributed by atoms with Gasteiger partial charge in [0.15, 0.2) is 0 Å². The van der Waals surface area contributed by atoms with Crippen LogP contribution in [0.2, 0.25) is 0 Å². The zero-order valence-corrected chi connectivity index (χ0v) is 16.1. The molecule has 0 bridgehead atoms. The molecule has 1 saturated heterocycles. The molecule has 2 aromatic rings. The molecule has 2 heterocycles. The summed E-state index contributed by atoms with van der Waals surface area (Å²) in [6.07, 6.45) is 0.985. The molecule has 2 N–H and O–H groups in total. The van der Waals surface area contributed by atoms with Crippen molar-refractivity contribution in [2.24, 2.45) is 5.92 Å². The minimum absolute atomic E-state index is 0.275. The summed E-state index contributed by atoms with van der Waals surface area (Å²) in [6.45, 7) is 9.94. The highest BCUT2D eigenvalue weighted by molar-refractivity contribution is 7.89. The second kappa shape index (κ2) is 6.80. The number of sulfonamides is 1. The van der Waals surface area contributed by atoms with E-state index in [4.69, 9.17) is 0 Å². The normalized spacial score (nSPS) is 18.1. The van der Waals surface area contributed by atoms with Crippen molar-refractivity contribution >= 4 is 15.7 Å². The average molecular weight is 362 g/mol. The lowest BCUT2D eigenvalue weighted by Gasteiger charge is -2.20. The standard InChI is InChI=1S/C18H26N4O2S/c1-12-5-6-17(9-13(12)2)22-8-7-16(11-22)10-19-25(23,24)18-14(3)20-21-15(18)4/h5-6,9,16,19H,7-8,10-11H2,1-4H3,(H,20,21). The molecule has 0 amide bonds. The Morgan fingerprint density at radius 1 is 1.24 bits per heavy atom. The fourth-order valence-corrected chi connectivity index (χ4v) is 4.88. The summed E-state index contributed by atoms with van der Waals surface area (Å²) in [5, 5.41) is 6.71. The lowest BCUT2D eigenvalue weighted by Crippen LogP contribution is -2.31. The van der Waals surface area contributed by atoms with Crippen LogP contribution in [-0.4, -0.2) is 38.2 Å². The number of H-pyrrole nitrogens is 1. The fraction of sp³-hybridized carbons (Fsp3) is 0.500. The SMILES string of the molecule is Cc1ccc(N2CCC(CNS(=O)(=O)c3c(C)n[nH]c3C)C2)cc1C. The van der Waals surface area contributed by atoms with Gasteiger partial charge in [-0.1, -0.05) is 6.07 Å². The molecule has 1 aliphatic heterocycles. The summed E-state index contributed by atoms with van der Waals surface area (Å²) in [5.74, 6) is 0.309. The van der Waals surface area contributed by atoms with Gasteiger partial charge in [-0.3, -0.25) is 5.10 Å². The van der Waals surface area contributed by atoms with E-state index < -0.39 is 10.0 Å². The van der Waals surface area contributed by atoms with Gasteiger partial charge in [-0.15, -0.1) is 0 Å². The van der Waals surface area contributed by atoms with Crippen molar-refractivity contribution in [3.8, 4) is 0 Å². The van der Waals surface area contributed by atoms with Crippen molar-refractivity contribution in [1.29, 1.82) is 0 Å². The number of aromatic amines is 1. The lowest BCUT2D eigenvalue weighted by molar-refractivity contribution is 0.541. The van der Waals surface area contributed by atoms with Gasteiger partial charge in [0.05, 0.1) is 11.4 Å². The fourth-order valence-electron chi connectivity index (χ4n) is 3.39. The van der Waals surface area contributed by atoms with Crippen LogP contribution in [0.25, 0.3) is 0 Å². The first kappa shape index (κ1) is 17.9. The van der Waals surface area contributed by atoms with Gasteiger partial charge in [-0.25, -0.2) is 13.1 Å². The van der Waals surface area contributed by atoms with Crippen molar-refractivity contribution in [2.45, 2.75) is 39.0 Å². The summed E-state index contributed by atoms with van der Waals surface area (Å²) in [5.41, 5.74) is 4.88. The highest BCUT2D eigenvalue weighted by atomic mass is 32.2. The third-order valence-corrected chi connectivity index (χ3v) is 6.72. The number of hydrogen-bond acceptors (Lipinski definition) is 4. The van der Waals surface area contributed by atoms with E-state index in [2.05, 4.69) is 51.9 Å². The number of nitrogens with zero attached hydrogens (tertiary/aromatic N) is 2. The molecule has 25 heavy (non-hydrogen) atoms. The van der Waals surface area contributed by atoms with E-state index in [9.17, 15) is 8.42 Å². The molecule has 1 atom stereocenters. The minimum Gasteiger partial charge on any atom is -0.371 e. The Morgan fingerprint density at radius 3 is 2.64 bits per heavy atom. The quantitative estimate of drug-likeness (QED) is 0.856. The summed E-state index contributed by atoms with van der Waals surface area (Å²) in [4.78, 5) is 2.61. The van der Waals surface area contributed by atoms with E-state index in [0.717, 1.165) is 19.5 Å². The first-order valence-electron chi connectivity index (χ1n) is 8.61. The molecule has 6 nitrogen and oxygen atoms in total. The number of benzene rings is 1. The van der Waals surface area contributed by atoms with Gasteiger partial charge in [-0.05, 0) is 63.3 Å². The van der Waals surface area contributed by atoms with Gasteiger partial charge in [-0.2, -0.15) is 5.10 Å². The van der Waals surface area contributed by atoms with Crippen LogP contribution in [0.4, 0.5) is 5.69 Å². The van der Waals surface area contributed by atoms with Gasteiger partial charge in [0.2, 0.25) is 10.0 Å². The molecule has 7 heteroatoms. The Morgan fingerprint density at radius 2 is 2.00 bits per heavy atom. The molecule has 1 aromatic heterocycles. The summed E-state index contributed by atoms with van der Waals surface area (Å²) >= 11 is 0. The Hall–Kier alpha value is -1.86. The molecular formula is C18H26N4O2S. The number of hydrogen-bond donors (Lipinski definition) is 2. The van der Waals surface area contributed by atoms with Crippen molar-refractivity contribution < 1.29 is 8.42 Å². The zero-order valence-electron chi connectivity index (χ0n) is 15.3. The largest absolute Gasteiger partial charge is 0.371 e.